The molecule has 8 heteroatoms. The number of benzene rings is 3. The molecule has 0 fully saturated rings. The summed E-state index contributed by atoms with van der Waals surface area (Å²) in [6.45, 7) is 0.216. The largest absolute Gasteiger partial charge is 0.489 e. The first-order valence-electron chi connectivity index (χ1n) is 9.33. The van der Waals surface area contributed by atoms with Crippen molar-refractivity contribution >= 4 is 41.2 Å². The molecule has 0 bridgehead atoms. The van der Waals surface area contributed by atoms with E-state index >= 15 is 0 Å². The maximum atomic E-state index is 12.1. The summed E-state index contributed by atoms with van der Waals surface area (Å²) in [5.74, 6) is -0.227. The maximum absolute atomic E-state index is 12.1. The summed E-state index contributed by atoms with van der Waals surface area (Å²) in [5.41, 5.74) is 4.49. The summed E-state index contributed by atoms with van der Waals surface area (Å²) in [5, 5.41) is 7.01. The smallest absolute Gasteiger partial charge is 0.259 e. The summed E-state index contributed by atoms with van der Waals surface area (Å²) in [7, 11) is 0. The van der Waals surface area contributed by atoms with E-state index in [1.807, 2.05) is 54.6 Å². The van der Waals surface area contributed by atoms with Gasteiger partial charge in [-0.15, -0.1) is 0 Å². The lowest BCUT2D eigenvalue weighted by atomic mass is 10.2. The van der Waals surface area contributed by atoms with E-state index in [4.69, 9.17) is 27.9 Å². The molecular weight excluding hydrogens is 437 g/mol. The van der Waals surface area contributed by atoms with Crippen molar-refractivity contribution in [2.24, 2.45) is 5.10 Å². The third kappa shape index (κ3) is 7.13. The van der Waals surface area contributed by atoms with E-state index < -0.39 is 11.8 Å². The normalized spacial score (nSPS) is 10.6. The summed E-state index contributed by atoms with van der Waals surface area (Å²) in [6, 6.07) is 21.6. The van der Waals surface area contributed by atoms with Gasteiger partial charge in [-0.2, -0.15) is 5.10 Å². The fraction of sp³-hybridized carbons (Fsp3) is 0.0870. The van der Waals surface area contributed by atoms with Crippen LogP contribution in [0.3, 0.4) is 0 Å². The molecule has 0 saturated heterocycles. The van der Waals surface area contributed by atoms with Crippen LogP contribution in [0.2, 0.25) is 10.0 Å². The second kappa shape index (κ2) is 11.2. The number of carbonyl (C=O) groups is 2. The molecule has 2 N–H and O–H groups in total. The van der Waals surface area contributed by atoms with Crippen LogP contribution in [0.15, 0.2) is 77.9 Å². The van der Waals surface area contributed by atoms with Gasteiger partial charge in [-0.1, -0.05) is 65.7 Å². The molecule has 0 aliphatic rings. The Morgan fingerprint density at radius 1 is 0.935 bits per heavy atom. The van der Waals surface area contributed by atoms with E-state index in [0.29, 0.717) is 22.9 Å². The zero-order valence-electron chi connectivity index (χ0n) is 16.3. The van der Waals surface area contributed by atoms with Gasteiger partial charge in [-0.3, -0.25) is 9.59 Å². The van der Waals surface area contributed by atoms with E-state index in [1.54, 1.807) is 0 Å². The van der Waals surface area contributed by atoms with Gasteiger partial charge >= 0.3 is 0 Å². The Morgan fingerprint density at radius 2 is 1.74 bits per heavy atom. The Hall–Kier alpha value is -3.35. The van der Waals surface area contributed by atoms with Gasteiger partial charge in [0.15, 0.2) is 0 Å². The molecule has 6 nitrogen and oxygen atoms in total. The van der Waals surface area contributed by atoms with E-state index in [-0.39, 0.29) is 11.6 Å². The van der Waals surface area contributed by atoms with Gasteiger partial charge in [-0.25, -0.2) is 5.43 Å². The van der Waals surface area contributed by atoms with Crippen molar-refractivity contribution in [2.75, 3.05) is 6.54 Å². The van der Waals surface area contributed by atoms with Gasteiger partial charge in [0.05, 0.1) is 22.8 Å². The van der Waals surface area contributed by atoms with Crippen LogP contribution in [0.5, 0.6) is 5.75 Å². The monoisotopic (exact) mass is 455 g/mol. The number of rotatable bonds is 8. The van der Waals surface area contributed by atoms with Crippen LogP contribution in [0, 0.1) is 0 Å². The van der Waals surface area contributed by atoms with Crippen molar-refractivity contribution in [3.8, 4) is 5.75 Å². The van der Waals surface area contributed by atoms with Crippen LogP contribution in [-0.4, -0.2) is 24.6 Å². The molecule has 0 heterocycles. The van der Waals surface area contributed by atoms with Crippen LogP contribution < -0.4 is 15.5 Å². The predicted molar refractivity (Wildman–Crippen MR) is 122 cm³/mol. The van der Waals surface area contributed by atoms with Gasteiger partial charge in [0.2, 0.25) is 0 Å². The van der Waals surface area contributed by atoms with E-state index in [1.165, 1.54) is 24.4 Å². The lowest BCUT2D eigenvalue weighted by Crippen LogP contribution is -2.34. The molecule has 0 spiro atoms. The molecule has 3 aromatic carbocycles. The maximum Gasteiger partial charge on any atom is 0.259 e. The highest BCUT2D eigenvalue weighted by molar-refractivity contribution is 6.42. The molecule has 0 radical (unpaired) electrons. The van der Waals surface area contributed by atoms with Crippen molar-refractivity contribution in [3.63, 3.8) is 0 Å². The van der Waals surface area contributed by atoms with Crippen molar-refractivity contribution in [3.05, 3.63) is 99.5 Å². The highest BCUT2D eigenvalue weighted by Gasteiger charge is 2.09. The Balaban J connectivity index is 1.45. The first-order chi connectivity index (χ1) is 15.0. The van der Waals surface area contributed by atoms with Crippen molar-refractivity contribution in [1.82, 2.24) is 10.7 Å². The number of nitrogens with zero attached hydrogens (tertiary/aromatic N) is 1. The number of ether oxygens (including phenoxy) is 1. The molecule has 3 aromatic rings. The molecule has 31 heavy (non-hydrogen) atoms. The number of nitrogens with one attached hydrogen (secondary N) is 2. The third-order valence-corrected chi connectivity index (χ3v) is 4.84. The highest BCUT2D eigenvalue weighted by atomic mass is 35.5. The summed E-state index contributed by atoms with van der Waals surface area (Å²) >= 11 is 11.7. The number of carbonyl (C=O) groups excluding carboxylic acids is 2. The van der Waals surface area contributed by atoms with Gasteiger partial charge in [0.25, 0.3) is 11.8 Å². The molecule has 0 aromatic heterocycles. The summed E-state index contributed by atoms with van der Waals surface area (Å²) in [4.78, 5) is 24.0. The Morgan fingerprint density at radius 3 is 2.52 bits per heavy atom. The second-order valence-electron chi connectivity index (χ2n) is 6.45. The zero-order valence-corrected chi connectivity index (χ0v) is 17.9. The molecule has 158 valence electrons. The van der Waals surface area contributed by atoms with E-state index in [0.717, 1.165) is 11.1 Å². The van der Waals surface area contributed by atoms with Gasteiger partial charge < -0.3 is 10.1 Å². The van der Waals surface area contributed by atoms with E-state index in [9.17, 15) is 9.59 Å². The average Bonchev–Trinajstić information content (AvgIpc) is 2.79. The van der Waals surface area contributed by atoms with Crippen LogP contribution in [0.25, 0.3) is 0 Å². The molecule has 0 saturated carbocycles. The minimum atomic E-state index is -0.471. The van der Waals surface area contributed by atoms with Gasteiger partial charge in [-0.05, 0) is 41.5 Å². The number of hydrogen-bond donors (Lipinski definition) is 2. The van der Waals surface area contributed by atoms with Gasteiger partial charge in [0, 0.05) is 5.56 Å². The lowest BCUT2D eigenvalue weighted by Gasteiger charge is -2.07. The third-order valence-electron chi connectivity index (χ3n) is 4.10. The van der Waals surface area contributed by atoms with Crippen molar-refractivity contribution in [2.45, 2.75) is 6.61 Å². The SMILES string of the molecule is O=C(CNC(=O)c1ccc(Cl)c(Cl)c1)NN=Cc1cccc(OCc2ccccc2)c1. The van der Waals surface area contributed by atoms with Crippen LogP contribution in [-0.2, 0) is 11.4 Å². The summed E-state index contributed by atoms with van der Waals surface area (Å²) < 4.78 is 5.77. The van der Waals surface area contributed by atoms with Gasteiger partial charge in [0.1, 0.15) is 12.4 Å². The average molecular weight is 456 g/mol. The molecule has 0 unspecified atom stereocenters. The summed E-state index contributed by atoms with van der Waals surface area (Å²) in [6.07, 6.45) is 1.49. The molecule has 0 aliphatic heterocycles. The standard InChI is InChI=1S/C23H19Cl2N3O3/c24-20-10-9-18(12-21(20)25)23(30)26-14-22(29)28-27-13-17-7-4-8-19(11-17)31-15-16-5-2-1-3-6-16/h1-13H,14-15H2,(H,26,30)(H,28,29). The fourth-order valence-corrected chi connectivity index (χ4v) is 2.84. The molecular formula is C23H19Cl2N3O3. The van der Waals surface area contributed by atoms with Crippen LogP contribution in [0.1, 0.15) is 21.5 Å². The number of hydrogen-bond acceptors (Lipinski definition) is 4. The molecule has 2 amide bonds. The topological polar surface area (TPSA) is 79.8 Å². The minimum Gasteiger partial charge on any atom is -0.489 e. The Labute approximate surface area is 189 Å². The predicted octanol–water partition coefficient (Wildman–Crippen LogP) is 4.45. The lowest BCUT2D eigenvalue weighted by molar-refractivity contribution is -0.120. The Bertz CT molecular complexity index is 1090. The minimum absolute atomic E-state index is 0.239. The van der Waals surface area contributed by atoms with Crippen LogP contribution in [0.4, 0.5) is 0 Å². The Kier molecular flexibility index (Phi) is 8.04. The number of halogens is 2. The quantitative estimate of drug-likeness (QED) is 0.388. The highest BCUT2D eigenvalue weighted by Crippen LogP contribution is 2.22. The first-order valence-corrected chi connectivity index (χ1v) is 10.1. The van der Waals surface area contributed by atoms with E-state index in [2.05, 4.69) is 15.8 Å². The molecule has 0 atom stereocenters. The van der Waals surface area contributed by atoms with Crippen molar-refractivity contribution < 1.29 is 14.3 Å². The van der Waals surface area contributed by atoms with Crippen molar-refractivity contribution in [1.29, 1.82) is 0 Å². The number of hydrazone groups is 1. The molecule has 0 aliphatic carbocycles. The zero-order chi connectivity index (χ0) is 22.1. The fourth-order valence-electron chi connectivity index (χ4n) is 2.54. The first kappa shape index (κ1) is 22.3. The van der Waals surface area contributed by atoms with Crippen LogP contribution >= 0.6 is 23.2 Å². The number of amides is 2. The second-order valence-corrected chi connectivity index (χ2v) is 7.27. The molecule has 3 rings (SSSR count).